The third-order valence-electron chi connectivity index (χ3n) is 5.36. The number of piperazine rings is 1. The molecule has 1 aromatic carbocycles. The molecule has 2 fully saturated rings. The topological polar surface area (TPSA) is 128 Å². The van der Waals surface area contributed by atoms with E-state index >= 15 is 0 Å². The van der Waals surface area contributed by atoms with Gasteiger partial charge >= 0.3 is 11.9 Å². The molecule has 11 heteroatoms. The lowest BCUT2D eigenvalue weighted by Gasteiger charge is -2.41. The predicted molar refractivity (Wildman–Crippen MR) is 109 cm³/mol. The van der Waals surface area contributed by atoms with Crippen LogP contribution in [0.3, 0.4) is 0 Å². The maximum absolute atomic E-state index is 12.8. The van der Waals surface area contributed by atoms with Crippen molar-refractivity contribution in [1.82, 2.24) is 14.1 Å². The van der Waals surface area contributed by atoms with E-state index in [1.165, 1.54) is 0 Å². The molecule has 0 aliphatic carbocycles. The first-order valence-electron chi connectivity index (χ1n) is 9.68. The van der Waals surface area contributed by atoms with E-state index in [4.69, 9.17) is 24.5 Å². The van der Waals surface area contributed by atoms with Gasteiger partial charge in [-0.2, -0.15) is 4.31 Å². The lowest BCUT2D eigenvalue weighted by molar-refractivity contribution is -0.159. The summed E-state index contributed by atoms with van der Waals surface area (Å²) in [6.07, 6.45) is 1.83. The zero-order valence-electron chi connectivity index (χ0n) is 17.2. The minimum absolute atomic E-state index is 0.348. The number of methoxy groups -OCH3 is 1. The van der Waals surface area contributed by atoms with Gasteiger partial charge in [0.25, 0.3) is 0 Å². The molecular formula is C19H29N3O7S. The molecule has 0 radical (unpaired) electrons. The number of aliphatic carboxylic acids is 2. The molecule has 1 aromatic rings. The van der Waals surface area contributed by atoms with Crippen LogP contribution in [-0.2, 0) is 19.6 Å². The molecule has 0 unspecified atom stereocenters. The molecule has 30 heavy (non-hydrogen) atoms. The van der Waals surface area contributed by atoms with E-state index in [9.17, 15) is 8.42 Å². The fourth-order valence-electron chi connectivity index (χ4n) is 3.53. The van der Waals surface area contributed by atoms with Gasteiger partial charge in [0.1, 0.15) is 5.75 Å². The Kier molecular flexibility index (Phi) is 8.59. The Balaban J connectivity index is 0.000000469. The van der Waals surface area contributed by atoms with E-state index in [-0.39, 0.29) is 0 Å². The Labute approximate surface area is 176 Å². The zero-order valence-corrected chi connectivity index (χ0v) is 18.0. The summed E-state index contributed by atoms with van der Waals surface area (Å²) < 4.78 is 32.3. The highest BCUT2D eigenvalue weighted by atomic mass is 32.2. The second kappa shape index (κ2) is 10.7. The molecule has 2 heterocycles. The maximum atomic E-state index is 12.8. The summed E-state index contributed by atoms with van der Waals surface area (Å²) in [4.78, 5) is 23.4. The van der Waals surface area contributed by atoms with Gasteiger partial charge in [-0.1, -0.05) is 0 Å². The number of carboxylic acid groups (broad SMARTS) is 2. The molecule has 0 saturated carbocycles. The molecule has 2 saturated heterocycles. The second-order valence-electron chi connectivity index (χ2n) is 7.26. The number of hydrogen-bond donors (Lipinski definition) is 2. The van der Waals surface area contributed by atoms with Gasteiger partial charge < -0.3 is 19.8 Å². The van der Waals surface area contributed by atoms with E-state index in [1.54, 1.807) is 35.7 Å². The number of carbonyl (C=O) groups is 2. The van der Waals surface area contributed by atoms with Crippen molar-refractivity contribution < 1.29 is 33.0 Å². The summed E-state index contributed by atoms with van der Waals surface area (Å²) in [5.74, 6) is -2.98. The average molecular weight is 444 g/mol. The standard InChI is InChI=1S/C17H27N3O3S.C2H2O4/c1-18-11-13-19(14-12-18)15-7-9-20(10-8-15)24(21,22)17-5-3-16(23-2)4-6-17;3-1(4)2(5)6/h3-6,15H,7-14H2,1-2H3;(H,3,4)(H,5,6). The normalized spacial score (nSPS) is 19.5. The van der Waals surface area contributed by atoms with Crippen molar-refractivity contribution in [3.05, 3.63) is 24.3 Å². The van der Waals surface area contributed by atoms with Crippen LogP contribution in [0.1, 0.15) is 12.8 Å². The molecule has 2 N–H and O–H groups in total. The van der Waals surface area contributed by atoms with Crippen LogP contribution >= 0.6 is 0 Å². The highest BCUT2D eigenvalue weighted by Crippen LogP contribution is 2.25. The maximum Gasteiger partial charge on any atom is 0.414 e. The van der Waals surface area contributed by atoms with E-state index in [0.29, 0.717) is 29.8 Å². The number of carboxylic acids is 2. The average Bonchev–Trinajstić information content (AvgIpc) is 2.75. The number of rotatable bonds is 4. The number of nitrogens with zero attached hydrogens (tertiary/aromatic N) is 3. The van der Waals surface area contributed by atoms with E-state index in [1.807, 2.05) is 0 Å². The quantitative estimate of drug-likeness (QED) is 0.630. The SMILES string of the molecule is COc1ccc(S(=O)(=O)N2CCC(N3CCN(C)CC3)CC2)cc1.O=C(O)C(=O)O. The molecule has 168 valence electrons. The van der Waals surface area contributed by atoms with Crippen LogP contribution in [0.25, 0.3) is 0 Å². The van der Waals surface area contributed by atoms with Gasteiger partial charge in [0.2, 0.25) is 10.0 Å². The highest BCUT2D eigenvalue weighted by molar-refractivity contribution is 7.89. The summed E-state index contributed by atoms with van der Waals surface area (Å²) in [7, 11) is 0.331. The Morgan fingerprint density at radius 3 is 1.87 bits per heavy atom. The van der Waals surface area contributed by atoms with Crippen molar-refractivity contribution in [2.45, 2.75) is 23.8 Å². The Morgan fingerprint density at radius 1 is 0.933 bits per heavy atom. The third kappa shape index (κ3) is 6.39. The summed E-state index contributed by atoms with van der Waals surface area (Å²) in [5.41, 5.74) is 0. The van der Waals surface area contributed by atoms with Gasteiger partial charge in [-0.25, -0.2) is 18.0 Å². The third-order valence-corrected chi connectivity index (χ3v) is 7.27. The lowest BCUT2D eigenvalue weighted by atomic mass is 10.0. The number of hydrogen-bond acceptors (Lipinski definition) is 7. The summed E-state index contributed by atoms with van der Waals surface area (Å²) in [6, 6.07) is 7.16. The number of piperidine rings is 1. The van der Waals surface area contributed by atoms with Crippen molar-refractivity contribution >= 4 is 22.0 Å². The molecule has 0 aromatic heterocycles. The summed E-state index contributed by atoms with van der Waals surface area (Å²) in [5, 5.41) is 14.8. The van der Waals surface area contributed by atoms with E-state index in [0.717, 1.165) is 39.0 Å². The summed E-state index contributed by atoms with van der Waals surface area (Å²) in [6.45, 7) is 5.59. The first-order chi connectivity index (χ1) is 14.1. The fourth-order valence-corrected chi connectivity index (χ4v) is 5.00. The molecule has 0 amide bonds. The Morgan fingerprint density at radius 2 is 1.43 bits per heavy atom. The molecule has 0 atom stereocenters. The van der Waals surface area contributed by atoms with Crippen LogP contribution in [0.5, 0.6) is 5.75 Å². The predicted octanol–water partition coefficient (Wildman–Crippen LogP) is 0.251. The molecule has 10 nitrogen and oxygen atoms in total. The van der Waals surface area contributed by atoms with Gasteiger partial charge in [0.05, 0.1) is 12.0 Å². The van der Waals surface area contributed by atoms with Gasteiger partial charge in [0, 0.05) is 45.3 Å². The van der Waals surface area contributed by atoms with Crippen LogP contribution < -0.4 is 4.74 Å². The molecule has 0 bridgehead atoms. The van der Waals surface area contributed by atoms with Crippen LogP contribution in [0.4, 0.5) is 0 Å². The van der Waals surface area contributed by atoms with Gasteiger partial charge in [-0.05, 0) is 44.2 Å². The largest absolute Gasteiger partial charge is 0.497 e. The molecule has 3 rings (SSSR count). The van der Waals surface area contributed by atoms with Gasteiger partial charge in [0.15, 0.2) is 0 Å². The zero-order chi connectivity index (χ0) is 22.3. The van der Waals surface area contributed by atoms with Crippen LogP contribution in [0, 0.1) is 0 Å². The first kappa shape index (κ1) is 24.1. The van der Waals surface area contributed by atoms with E-state index < -0.39 is 22.0 Å². The fraction of sp³-hybridized carbons (Fsp3) is 0.579. The number of sulfonamides is 1. The van der Waals surface area contributed by atoms with Crippen molar-refractivity contribution in [3.8, 4) is 5.75 Å². The van der Waals surface area contributed by atoms with Gasteiger partial charge in [-0.3, -0.25) is 4.90 Å². The molecule has 0 spiro atoms. The van der Waals surface area contributed by atoms with Crippen LogP contribution in [-0.4, -0.2) is 104 Å². The van der Waals surface area contributed by atoms with Crippen molar-refractivity contribution in [1.29, 1.82) is 0 Å². The number of ether oxygens (including phenoxy) is 1. The van der Waals surface area contributed by atoms with E-state index in [2.05, 4.69) is 16.8 Å². The lowest BCUT2D eigenvalue weighted by Crippen LogP contribution is -2.52. The highest BCUT2D eigenvalue weighted by Gasteiger charge is 2.32. The smallest absolute Gasteiger partial charge is 0.414 e. The van der Waals surface area contributed by atoms with Gasteiger partial charge in [-0.15, -0.1) is 0 Å². The van der Waals surface area contributed by atoms with Crippen LogP contribution in [0.15, 0.2) is 29.2 Å². The van der Waals surface area contributed by atoms with Crippen LogP contribution in [0.2, 0.25) is 0 Å². The number of likely N-dealkylation sites (N-methyl/N-ethyl adjacent to an activating group) is 1. The van der Waals surface area contributed by atoms with Crippen molar-refractivity contribution in [3.63, 3.8) is 0 Å². The van der Waals surface area contributed by atoms with Crippen molar-refractivity contribution in [2.24, 2.45) is 0 Å². The molecule has 2 aliphatic heterocycles. The second-order valence-corrected chi connectivity index (χ2v) is 9.20. The molecular weight excluding hydrogens is 414 g/mol. The summed E-state index contributed by atoms with van der Waals surface area (Å²) >= 11 is 0. The monoisotopic (exact) mass is 443 g/mol. The van der Waals surface area contributed by atoms with Crippen molar-refractivity contribution in [2.75, 3.05) is 53.4 Å². The molecule has 2 aliphatic rings. The Hall–Kier alpha value is -2.21. The minimum atomic E-state index is -3.40. The minimum Gasteiger partial charge on any atom is -0.497 e. The Bertz CT molecular complexity index is 801. The first-order valence-corrected chi connectivity index (χ1v) is 11.1. The number of benzene rings is 1.